The highest BCUT2D eigenvalue weighted by molar-refractivity contribution is 7.09. The van der Waals surface area contributed by atoms with Crippen LogP contribution in [0.2, 0.25) is 0 Å². The van der Waals surface area contributed by atoms with Crippen molar-refractivity contribution >= 4 is 11.3 Å². The number of thiazole rings is 1. The highest BCUT2D eigenvalue weighted by Crippen LogP contribution is 2.15. The zero-order valence-electron chi connectivity index (χ0n) is 10.5. The van der Waals surface area contributed by atoms with E-state index in [2.05, 4.69) is 46.4 Å². The molecule has 0 N–H and O–H groups in total. The van der Waals surface area contributed by atoms with Crippen LogP contribution in [0.1, 0.15) is 21.6 Å². The van der Waals surface area contributed by atoms with Gasteiger partial charge >= 0.3 is 0 Å². The summed E-state index contributed by atoms with van der Waals surface area (Å²) >= 11 is 1.71. The van der Waals surface area contributed by atoms with Gasteiger partial charge in [-0.15, -0.1) is 11.3 Å². The van der Waals surface area contributed by atoms with Crippen LogP contribution in [0.3, 0.4) is 0 Å². The summed E-state index contributed by atoms with van der Waals surface area (Å²) < 4.78 is 0. The fraction of sp³-hybridized carbons (Fsp3) is 0.125. The van der Waals surface area contributed by atoms with E-state index in [0.717, 1.165) is 12.8 Å². The maximum Gasteiger partial charge on any atom is 0.0794 e. The van der Waals surface area contributed by atoms with Crippen LogP contribution in [-0.4, -0.2) is 9.97 Å². The lowest BCUT2D eigenvalue weighted by molar-refractivity contribution is 1.14. The molecule has 2 nitrogen and oxygen atoms in total. The number of hydrogen-bond acceptors (Lipinski definition) is 3. The first-order chi connectivity index (χ1) is 9.40. The monoisotopic (exact) mass is 266 g/mol. The third kappa shape index (κ3) is 3.26. The van der Waals surface area contributed by atoms with E-state index in [0.29, 0.717) is 0 Å². The lowest BCUT2D eigenvalue weighted by Crippen LogP contribution is -1.90. The molecular weight excluding hydrogens is 252 g/mol. The van der Waals surface area contributed by atoms with Gasteiger partial charge in [0, 0.05) is 29.9 Å². The Morgan fingerprint density at radius 1 is 0.737 bits per heavy atom. The second kappa shape index (κ2) is 5.76. The zero-order chi connectivity index (χ0) is 12.9. The fourth-order valence-electron chi connectivity index (χ4n) is 2.04. The first-order valence-corrected chi connectivity index (χ1v) is 7.12. The molecule has 0 radical (unpaired) electrons. The number of aromatic nitrogens is 2. The van der Waals surface area contributed by atoms with E-state index >= 15 is 0 Å². The summed E-state index contributed by atoms with van der Waals surface area (Å²) in [5.41, 5.74) is 5.85. The molecule has 3 heteroatoms. The van der Waals surface area contributed by atoms with Gasteiger partial charge in [-0.25, -0.2) is 0 Å². The molecule has 2 heterocycles. The Bertz CT molecular complexity index is 616. The average Bonchev–Trinajstić information content (AvgIpc) is 2.95. The van der Waals surface area contributed by atoms with E-state index in [1.54, 1.807) is 11.3 Å². The molecular formula is C16H14N2S. The summed E-state index contributed by atoms with van der Waals surface area (Å²) in [6.07, 6.45) is 7.56. The molecule has 94 valence electrons. The Labute approximate surface area is 116 Å². The molecule has 0 saturated heterocycles. The van der Waals surface area contributed by atoms with Crippen molar-refractivity contribution in [2.24, 2.45) is 0 Å². The summed E-state index contributed by atoms with van der Waals surface area (Å²) in [6.45, 7) is 0. The highest BCUT2D eigenvalue weighted by atomic mass is 32.1. The molecule has 1 aromatic carbocycles. The van der Waals surface area contributed by atoms with Crippen molar-refractivity contribution in [3.8, 4) is 0 Å². The van der Waals surface area contributed by atoms with Gasteiger partial charge in [0.05, 0.1) is 5.51 Å². The smallest absolute Gasteiger partial charge is 0.0794 e. The molecule has 0 aliphatic heterocycles. The summed E-state index contributed by atoms with van der Waals surface area (Å²) in [7, 11) is 0. The van der Waals surface area contributed by atoms with E-state index in [1.165, 1.54) is 21.6 Å². The molecule has 0 bridgehead atoms. The Morgan fingerprint density at radius 2 is 1.37 bits per heavy atom. The Balaban J connectivity index is 1.69. The second-order valence-corrected chi connectivity index (χ2v) is 5.46. The van der Waals surface area contributed by atoms with Gasteiger partial charge in [-0.2, -0.15) is 0 Å². The van der Waals surface area contributed by atoms with Crippen molar-refractivity contribution in [3.63, 3.8) is 0 Å². The summed E-state index contributed by atoms with van der Waals surface area (Å²) in [4.78, 5) is 9.45. The minimum Gasteiger partial charge on any atom is -0.265 e. The minimum absolute atomic E-state index is 0.962. The third-order valence-corrected chi connectivity index (χ3v) is 3.82. The molecule has 0 unspecified atom stereocenters. The minimum atomic E-state index is 0.962. The van der Waals surface area contributed by atoms with Crippen molar-refractivity contribution in [1.29, 1.82) is 0 Å². The summed E-state index contributed by atoms with van der Waals surface area (Å²) in [5, 5.41) is 0. The van der Waals surface area contributed by atoms with E-state index in [9.17, 15) is 0 Å². The predicted molar refractivity (Wildman–Crippen MR) is 78.4 cm³/mol. The Kier molecular flexibility index (Phi) is 3.65. The molecule has 0 saturated carbocycles. The van der Waals surface area contributed by atoms with Crippen LogP contribution >= 0.6 is 11.3 Å². The molecule has 0 amide bonds. The van der Waals surface area contributed by atoms with Crippen molar-refractivity contribution < 1.29 is 0 Å². The van der Waals surface area contributed by atoms with Gasteiger partial charge in [-0.3, -0.25) is 9.97 Å². The Morgan fingerprint density at radius 3 is 2.00 bits per heavy atom. The van der Waals surface area contributed by atoms with Crippen molar-refractivity contribution in [3.05, 3.63) is 82.1 Å². The number of benzene rings is 1. The van der Waals surface area contributed by atoms with Gasteiger partial charge in [-0.1, -0.05) is 24.3 Å². The van der Waals surface area contributed by atoms with Gasteiger partial charge in [0.2, 0.25) is 0 Å². The predicted octanol–water partition coefficient (Wildman–Crippen LogP) is 3.72. The highest BCUT2D eigenvalue weighted by Gasteiger charge is 1.99. The van der Waals surface area contributed by atoms with Crippen molar-refractivity contribution in [2.45, 2.75) is 12.8 Å². The van der Waals surface area contributed by atoms with Gasteiger partial charge in [0.1, 0.15) is 0 Å². The van der Waals surface area contributed by atoms with E-state index in [4.69, 9.17) is 0 Å². The molecule has 0 aliphatic rings. The first kappa shape index (κ1) is 12.1. The number of hydrogen-bond donors (Lipinski definition) is 0. The van der Waals surface area contributed by atoms with Crippen LogP contribution in [0.25, 0.3) is 0 Å². The third-order valence-electron chi connectivity index (χ3n) is 3.04. The van der Waals surface area contributed by atoms with Crippen LogP contribution in [0, 0.1) is 0 Å². The molecule has 3 rings (SSSR count). The molecule has 0 fully saturated rings. The van der Waals surface area contributed by atoms with Crippen LogP contribution in [-0.2, 0) is 12.8 Å². The maximum atomic E-state index is 4.10. The lowest BCUT2D eigenvalue weighted by Gasteiger charge is -2.03. The van der Waals surface area contributed by atoms with Gasteiger partial charge < -0.3 is 0 Å². The Hall–Kier alpha value is -2.00. The van der Waals surface area contributed by atoms with Crippen molar-refractivity contribution in [1.82, 2.24) is 9.97 Å². The van der Waals surface area contributed by atoms with Gasteiger partial charge in [0.25, 0.3) is 0 Å². The molecule has 3 aromatic rings. The molecule has 0 aliphatic carbocycles. The van der Waals surface area contributed by atoms with Crippen LogP contribution in [0.4, 0.5) is 0 Å². The van der Waals surface area contributed by atoms with E-state index in [1.807, 2.05) is 24.1 Å². The van der Waals surface area contributed by atoms with Crippen molar-refractivity contribution in [2.75, 3.05) is 0 Å². The van der Waals surface area contributed by atoms with Crippen LogP contribution < -0.4 is 0 Å². The van der Waals surface area contributed by atoms with Gasteiger partial charge in [0.15, 0.2) is 0 Å². The van der Waals surface area contributed by atoms with Crippen LogP contribution in [0.15, 0.2) is 60.5 Å². The summed E-state index contributed by atoms with van der Waals surface area (Å²) in [6, 6.07) is 12.9. The van der Waals surface area contributed by atoms with Crippen LogP contribution in [0.5, 0.6) is 0 Å². The topological polar surface area (TPSA) is 25.8 Å². The first-order valence-electron chi connectivity index (χ1n) is 6.24. The quantitative estimate of drug-likeness (QED) is 0.719. The molecule has 0 spiro atoms. The fourth-order valence-corrected chi connectivity index (χ4v) is 2.67. The largest absolute Gasteiger partial charge is 0.265 e. The maximum absolute atomic E-state index is 4.10. The number of pyridine rings is 1. The standard InChI is InChI=1S/C16H14N2S/c1-3-14(10-16-11-18-12-19-16)4-2-13(1)9-15-5-7-17-8-6-15/h1-8,11-12H,9-10H2. The normalized spacial score (nSPS) is 10.5. The SMILES string of the molecule is c1cc(Cc2ccc(Cc3cncs3)cc2)ccn1. The summed E-state index contributed by atoms with van der Waals surface area (Å²) in [5.74, 6) is 0. The van der Waals surface area contributed by atoms with Gasteiger partial charge in [-0.05, 0) is 35.2 Å². The second-order valence-electron chi connectivity index (χ2n) is 4.49. The van der Waals surface area contributed by atoms with E-state index in [-0.39, 0.29) is 0 Å². The lowest BCUT2D eigenvalue weighted by atomic mass is 10.0. The zero-order valence-corrected chi connectivity index (χ0v) is 11.3. The number of rotatable bonds is 4. The molecule has 2 aromatic heterocycles. The number of nitrogens with zero attached hydrogens (tertiary/aromatic N) is 2. The molecule has 0 atom stereocenters. The molecule has 19 heavy (non-hydrogen) atoms. The van der Waals surface area contributed by atoms with E-state index < -0.39 is 0 Å². The average molecular weight is 266 g/mol.